The highest BCUT2D eigenvalue weighted by atomic mass is 35.5. The number of furan rings is 1. The molecule has 1 aromatic heterocycles. The predicted molar refractivity (Wildman–Crippen MR) is 93.2 cm³/mol. The summed E-state index contributed by atoms with van der Waals surface area (Å²) in [6.45, 7) is 3.78. The second-order valence-electron chi connectivity index (χ2n) is 6.05. The van der Waals surface area contributed by atoms with E-state index in [1.54, 1.807) is 12.1 Å². The van der Waals surface area contributed by atoms with Gasteiger partial charge in [-0.15, -0.1) is 0 Å². The van der Waals surface area contributed by atoms with Crippen LogP contribution in [0.25, 0.3) is 0 Å². The Morgan fingerprint density at radius 3 is 2.38 bits per heavy atom. The highest BCUT2D eigenvalue weighted by molar-refractivity contribution is 7.89. The molecule has 0 aliphatic rings. The first-order valence-corrected chi connectivity index (χ1v) is 9.57. The maximum atomic E-state index is 13.1. The molecule has 24 heavy (non-hydrogen) atoms. The van der Waals surface area contributed by atoms with Gasteiger partial charge < -0.3 is 9.52 Å². The van der Waals surface area contributed by atoms with Gasteiger partial charge in [0.05, 0.1) is 24.3 Å². The Morgan fingerprint density at radius 1 is 1.21 bits per heavy atom. The lowest BCUT2D eigenvalue weighted by Crippen LogP contribution is -2.42. The molecule has 2 aromatic rings. The van der Waals surface area contributed by atoms with Crippen molar-refractivity contribution in [2.24, 2.45) is 5.92 Å². The van der Waals surface area contributed by atoms with E-state index >= 15 is 0 Å². The summed E-state index contributed by atoms with van der Waals surface area (Å²) in [7, 11) is -3.80. The van der Waals surface area contributed by atoms with E-state index in [0.29, 0.717) is 17.2 Å². The minimum atomic E-state index is -3.80. The number of rotatable bonds is 8. The molecule has 0 unspecified atom stereocenters. The van der Waals surface area contributed by atoms with Crippen LogP contribution in [0.5, 0.6) is 0 Å². The third kappa shape index (κ3) is 4.60. The van der Waals surface area contributed by atoms with E-state index in [2.05, 4.69) is 0 Å². The molecule has 0 spiro atoms. The molecule has 0 bridgehead atoms. The van der Waals surface area contributed by atoms with Crippen LogP contribution in [0.4, 0.5) is 0 Å². The predicted octanol–water partition coefficient (Wildman–Crippen LogP) is 3.53. The third-order valence-electron chi connectivity index (χ3n) is 3.67. The van der Waals surface area contributed by atoms with Crippen molar-refractivity contribution in [1.82, 2.24) is 4.31 Å². The number of halogens is 1. The molecular weight excluding hydrogens is 350 g/mol. The van der Waals surface area contributed by atoms with E-state index in [4.69, 9.17) is 16.0 Å². The standard InChI is InChI=1S/C17H22ClNO4S/c1-13(2)10-15(12-20)19(11-16-4-3-9-23-16)24(21,22)17-7-5-14(18)6-8-17/h3-9,13,15,20H,10-12H2,1-2H3/t15-/m1/s1. The molecule has 1 heterocycles. The van der Waals surface area contributed by atoms with Crippen LogP contribution in [0.1, 0.15) is 26.0 Å². The zero-order valence-corrected chi connectivity index (χ0v) is 15.3. The monoisotopic (exact) mass is 371 g/mol. The van der Waals surface area contributed by atoms with Gasteiger partial charge in [-0.25, -0.2) is 8.42 Å². The summed E-state index contributed by atoms with van der Waals surface area (Å²) in [5, 5.41) is 10.2. The lowest BCUT2D eigenvalue weighted by Gasteiger charge is -2.30. The van der Waals surface area contributed by atoms with Gasteiger partial charge in [0, 0.05) is 11.1 Å². The van der Waals surface area contributed by atoms with Crippen molar-refractivity contribution in [2.75, 3.05) is 6.61 Å². The van der Waals surface area contributed by atoms with Crippen molar-refractivity contribution in [3.8, 4) is 0 Å². The molecule has 2 rings (SSSR count). The Labute approximate surface area is 147 Å². The van der Waals surface area contributed by atoms with Gasteiger partial charge in [-0.05, 0) is 48.7 Å². The maximum absolute atomic E-state index is 13.1. The number of benzene rings is 1. The zero-order valence-electron chi connectivity index (χ0n) is 13.7. The summed E-state index contributed by atoms with van der Waals surface area (Å²) in [4.78, 5) is 0.140. The van der Waals surface area contributed by atoms with E-state index in [9.17, 15) is 13.5 Å². The second kappa shape index (κ2) is 8.16. The van der Waals surface area contributed by atoms with Gasteiger partial charge in [0.2, 0.25) is 10.0 Å². The molecule has 0 radical (unpaired) electrons. The fraction of sp³-hybridized carbons (Fsp3) is 0.412. The largest absolute Gasteiger partial charge is 0.468 e. The van der Waals surface area contributed by atoms with E-state index in [0.717, 1.165) is 0 Å². The summed E-state index contributed by atoms with van der Waals surface area (Å²) in [5.41, 5.74) is 0. The highest BCUT2D eigenvalue weighted by Gasteiger charge is 2.32. The Morgan fingerprint density at radius 2 is 1.88 bits per heavy atom. The van der Waals surface area contributed by atoms with Crippen LogP contribution >= 0.6 is 11.6 Å². The van der Waals surface area contributed by atoms with Crippen LogP contribution < -0.4 is 0 Å². The van der Waals surface area contributed by atoms with Gasteiger partial charge in [0.15, 0.2) is 0 Å². The van der Waals surface area contributed by atoms with Crippen molar-refractivity contribution in [3.63, 3.8) is 0 Å². The molecule has 0 fully saturated rings. The Kier molecular flexibility index (Phi) is 6.46. The molecule has 1 aromatic carbocycles. The number of hydrogen-bond acceptors (Lipinski definition) is 4. The second-order valence-corrected chi connectivity index (χ2v) is 8.38. The van der Waals surface area contributed by atoms with Gasteiger partial charge >= 0.3 is 0 Å². The number of sulfonamides is 1. The van der Waals surface area contributed by atoms with E-state index < -0.39 is 16.1 Å². The van der Waals surface area contributed by atoms with Crippen molar-refractivity contribution >= 4 is 21.6 Å². The molecule has 5 nitrogen and oxygen atoms in total. The molecule has 7 heteroatoms. The molecule has 0 amide bonds. The molecule has 0 saturated heterocycles. The zero-order chi connectivity index (χ0) is 17.7. The highest BCUT2D eigenvalue weighted by Crippen LogP contribution is 2.25. The minimum absolute atomic E-state index is 0.0654. The first-order valence-electron chi connectivity index (χ1n) is 7.75. The van der Waals surface area contributed by atoms with Gasteiger partial charge in [0.25, 0.3) is 0 Å². The van der Waals surface area contributed by atoms with Gasteiger partial charge in [-0.1, -0.05) is 25.4 Å². The van der Waals surface area contributed by atoms with Crippen LogP contribution in [0.15, 0.2) is 52.0 Å². The van der Waals surface area contributed by atoms with E-state index in [-0.39, 0.29) is 24.0 Å². The van der Waals surface area contributed by atoms with Gasteiger partial charge in [-0.2, -0.15) is 4.31 Å². The summed E-state index contributed by atoms with van der Waals surface area (Å²) in [6.07, 6.45) is 2.04. The maximum Gasteiger partial charge on any atom is 0.243 e. The van der Waals surface area contributed by atoms with Crippen LogP contribution in [0, 0.1) is 5.92 Å². The Balaban J connectivity index is 2.41. The third-order valence-corrected chi connectivity index (χ3v) is 5.84. The lowest BCUT2D eigenvalue weighted by molar-refractivity contribution is 0.159. The SMILES string of the molecule is CC(C)C[C@H](CO)N(Cc1ccco1)S(=O)(=O)c1ccc(Cl)cc1. The van der Waals surface area contributed by atoms with Gasteiger partial charge in [0.1, 0.15) is 5.76 Å². The molecule has 1 N–H and O–H groups in total. The fourth-order valence-electron chi connectivity index (χ4n) is 2.54. The summed E-state index contributed by atoms with van der Waals surface area (Å²) < 4.78 is 32.8. The van der Waals surface area contributed by atoms with Gasteiger partial charge in [-0.3, -0.25) is 0 Å². The molecule has 132 valence electrons. The number of nitrogens with zero attached hydrogens (tertiary/aromatic N) is 1. The summed E-state index contributed by atoms with van der Waals surface area (Å²) >= 11 is 5.85. The molecule has 0 aliphatic heterocycles. The first-order chi connectivity index (χ1) is 11.3. The average molecular weight is 372 g/mol. The van der Waals surface area contributed by atoms with Crippen LogP contribution in [-0.2, 0) is 16.6 Å². The van der Waals surface area contributed by atoms with E-state index in [1.165, 1.54) is 34.8 Å². The average Bonchev–Trinajstić information content (AvgIpc) is 3.04. The fourth-order valence-corrected chi connectivity index (χ4v) is 4.25. The topological polar surface area (TPSA) is 70.8 Å². The summed E-state index contributed by atoms with van der Waals surface area (Å²) in [6, 6.07) is 8.90. The van der Waals surface area contributed by atoms with Crippen molar-refractivity contribution < 1.29 is 17.9 Å². The van der Waals surface area contributed by atoms with Crippen molar-refractivity contribution in [1.29, 1.82) is 0 Å². The quantitative estimate of drug-likeness (QED) is 0.770. The van der Waals surface area contributed by atoms with Crippen LogP contribution in [-0.4, -0.2) is 30.5 Å². The Bertz CT molecular complexity index is 726. The smallest absolute Gasteiger partial charge is 0.243 e. The molecular formula is C17H22ClNO4S. The number of hydrogen-bond donors (Lipinski definition) is 1. The Hall–Kier alpha value is -1.34. The number of aliphatic hydroxyl groups is 1. The minimum Gasteiger partial charge on any atom is -0.468 e. The van der Waals surface area contributed by atoms with Crippen molar-refractivity contribution in [2.45, 2.75) is 37.8 Å². The van der Waals surface area contributed by atoms with Crippen LogP contribution in [0.2, 0.25) is 5.02 Å². The van der Waals surface area contributed by atoms with Crippen molar-refractivity contribution in [3.05, 3.63) is 53.4 Å². The first kappa shape index (κ1) is 19.0. The molecule has 0 aliphatic carbocycles. The van der Waals surface area contributed by atoms with Crippen LogP contribution in [0.3, 0.4) is 0 Å². The molecule has 1 atom stereocenters. The van der Waals surface area contributed by atoms with E-state index in [1.807, 2.05) is 13.8 Å². The molecule has 0 saturated carbocycles. The normalized spacial score (nSPS) is 13.6. The summed E-state index contributed by atoms with van der Waals surface area (Å²) in [5.74, 6) is 0.761. The number of aliphatic hydroxyl groups excluding tert-OH is 1. The lowest BCUT2D eigenvalue weighted by atomic mass is 10.0.